The van der Waals surface area contributed by atoms with Gasteiger partial charge in [-0.05, 0) is 48.5 Å². The van der Waals surface area contributed by atoms with Crippen LogP contribution in [-0.4, -0.2) is 18.0 Å². The minimum atomic E-state index is -0.716. The Bertz CT molecular complexity index is 913. The molecular formula is C19H15F2N3O2. The van der Waals surface area contributed by atoms with Gasteiger partial charge in [0.15, 0.2) is 0 Å². The topological polar surface area (TPSA) is 63.2 Å². The SMILES string of the molecule is COc1ccc(NC(=O)c2ccc(Nc3ccc(F)cc3F)cn2)cc1. The molecule has 1 aromatic heterocycles. The second-order valence-corrected chi connectivity index (χ2v) is 5.36. The number of pyridine rings is 1. The molecule has 0 aliphatic rings. The quantitative estimate of drug-likeness (QED) is 0.714. The summed E-state index contributed by atoms with van der Waals surface area (Å²) in [6.45, 7) is 0. The van der Waals surface area contributed by atoms with Gasteiger partial charge in [0.05, 0.1) is 24.7 Å². The van der Waals surface area contributed by atoms with Crippen LogP contribution in [-0.2, 0) is 0 Å². The fourth-order valence-electron chi connectivity index (χ4n) is 2.22. The van der Waals surface area contributed by atoms with Crippen molar-refractivity contribution >= 4 is 23.0 Å². The van der Waals surface area contributed by atoms with E-state index in [9.17, 15) is 13.6 Å². The summed E-state index contributed by atoms with van der Waals surface area (Å²) in [7, 11) is 1.56. The lowest BCUT2D eigenvalue weighted by Crippen LogP contribution is -2.13. The first-order valence-electron chi connectivity index (χ1n) is 7.69. The van der Waals surface area contributed by atoms with Crippen LogP contribution in [0.1, 0.15) is 10.5 Å². The Morgan fingerprint density at radius 2 is 1.73 bits per heavy atom. The van der Waals surface area contributed by atoms with Crippen LogP contribution in [0.5, 0.6) is 5.75 Å². The number of ether oxygens (including phenoxy) is 1. The number of nitrogens with one attached hydrogen (secondary N) is 2. The normalized spacial score (nSPS) is 10.3. The highest BCUT2D eigenvalue weighted by Crippen LogP contribution is 2.21. The summed E-state index contributed by atoms with van der Waals surface area (Å²) in [5, 5.41) is 5.49. The van der Waals surface area contributed by atoms with E-state index in [-0.39, 0.29) is 17.3 Å². The molecule has 0 spiro atoms. The van der Waals surface area contributed by atoms with E-state index in [1.54, 1.807) is 37.4 Å². The third-order valence-corrected chi connectivity index (χ3v) is 3.55. The number of methoxy groups -OCH3 is 1. The number of hydrogen-bond donors (Lipinski definition) is 2. The van der Waals surface area contributed by atoms with E-state index in [1.807, 2.05) is 0 Å². The molecule has 3 aromatic rings. The summed E-state index contributed by atoms with van der Waals surface area (Å²) in [5.74, 6) is -1.07. The standard InChI is InChI=1S/C19H15F2N3O2/c1-26-15-6-3-13(4-7-15)24-19(25)18-9-5-14(11-22-18)23-17-8-2-12(20)10-16(17)21/h2-11,23H,1H3,(H,24,25). The highest BCUT2D eigenvalue weighted by atomic mass is 19.1. The number of nitrogens with zero attached hydrogens (tertiary/aromatic N) is 1. The van der Waals surface area contributed by atoms with Crippen LogP contribution in [0.4, 0.5) is 25.8 Å². The van der Waals surface area contributed by atoms with Crippen molar-refractivity contribution in [1.29, 1.82) is 0 Å². The van der Waals surface area contributed by atoms with Crippen molar-refractivity contribution in [2.45, 2.75) is 0 Å². The molecule has 1 amide bonds. The van der Waals surface area contributed by atoms with Crippen molar-refractivity contribution < 1.29 is 18.3 Å². The van der Waals surface area contributed by atoms with Gasteiger partial charge in [-0.2, -0.15) is 0 Å². The molecule has 0 fully saturated rings. The number of rotatable bonds is 5. The fourth-order valence-corrected chi connectivity index (χ4v) is 2.22. The van der Waals surface area contributed by atoms with Crippen molar-refractivity contribution in [2.75, 3.05) is 17.7 Å². The Kier molecular flexibility index (Phi) is 5.07. The summed E-state index contributed by atoms with van der Waals surface area (Å²) in [6, 6.07) is 13.2. The van der Waals surface area contributed by atoms with Gasteiger partial charge in [0.1, 0.15) is 23.1 Å². The maximum atomic E-state index is 13.6. The second kappa shape index (κ2) is 7.60. The highest BCUT2D eigenvalue weighted by Gasteiger charge is 2.09. The first kappa shape index (κ1) is 17.3. The van der Waals surface area contributed by atoms with Gasteiger partial charge in [-0.3, -0.25) is 4.79 Å². The summed E-state index contributed by atoms with van der Waals surface area (Å²) in [4.78, 5) is 16.3. The molecule has 7 heteroatoms. The van der Waals surface area contributed by atoms with Gasteiger partial charge in [-0.15, -0.1) is 0 Å². The number of carbonyl (C=O) groups is 1. The molecule has 26 heavy (non-hydrogen) atoms. The first-order chi connectivity index (χ1) is 12.5. The number of halogens is 2. The first-order valence-corrected chi connectivity index (χ1v) is 7.69. The molecule has 0 unspecified atom stereocenters. The number of amides is 1. The lowest BCUT2D eigenvalue weighted by atomic mass is 10.2. The van der Waals surface area contributed by atoms with E-state index in [0.717, 1.165) is 12.1 Å². The van der Waals surface area contributed by atoms with Crippen LogP contribution in [0.2, 0.25) is 0 Å². The summed E-state index contributed by atoms with van der Waals surface area (Å²) >= 11 is 0. The maximum absolute atomic E-state index is 13.6. The molecule has 0 saturated carbocycles. The molecular weight excluding hydrogens is 340 g/mol. The van der Waals surface area contributed by atoms with Crippen LogP contribution < -0.4 is 15.4 Å². The number of anilines is 3. The van der Waals surface area contributed by atoms with Crippen molar-refractivity contribution in [1.82, 2.24) is 4.98 Å². The van der Waals surface area contributed by atoms with Crippen LogP contribution in [0.3, 0.4) is 0 Å². The maximum Gasteiger partial charge on any atom is 0.274 e. The van der Waals surface area contributed by atoms with E-state index in [4.69, 9.17) is 4.74 Å². The smallest absolute Gasteiger partial charge is 0.274 e. The molecule has 0 radical (unpaired) electrons. The fraction of sp³-hybridized carbons (Fsp3) is 0.0526. The van der Waals surface area contributed by atoms with Crippen LogP contribution in [0, 0.1) is 11.6 Å². The number of aromatic nitrogens is 1. The number of benzene rings is 2. The summed E-state index contributed by atoms with van der Waals surface area (Å²) in [5.41, 5.74) is 1.39. The van der Waals surface area contributed by atoms with E-state index in [2.05, 4.69) is 15.6 Å². The van der Waals surface area contributed by atoms with Gasteiger partial charge in [-0.25, -0.2) is 13.8 Å². The Morgan fingerprint density at radius 1 is 1.00 bits per heavy atom. The van der Waals surface area contributed by atoms with Gasteiger partial charge in [-0.1, -0.05) is 0 Å². The van der Waals surface area contributed by atoms with Crippen molar-refractivity contribution in [3.63, 3.8) is 0 Å². The minimum Gasteiger partial charge on any atom is -0.497 e. The largest absolute Gasteiger partial charge is 0.497 e. The lowest BCUT2D eigenvalue weighted by molar-refractivity contribution is 0.102. The molecule has 132 valence electrons. The van der Waals surface area contributed by atoms with Gasteiger partial charge in [0.25, 0.3) is 5.91 Å². The van der Waals surface area contributed by atoms with Crippen molar-refractivity contribution in [3.05, 3.63) is 78.1 Å². The van der Waals surface area contributed by atoms with Gasteiger partial charge in [0, 0.05) is 11.8 Å². The molecule has 0 aliphatic heterocycles. The van der Waals surface area contributed by atoms with E-state index in [0.29, 0.717) is 17.1 Å². The second-order valence-electron chi connectivity index (χ2n) is 5.36. The van der Waals surface area contributed by atoms with E-state index in [1.165, 1.54) is 18.3 Å². The lowest BCUT2D eigenvalue weighted by Gasteiger charge is -2.09. The third-order valence-electron chi connectivity index (χ3n) is 3.55. The average Bonchev–Trinajstić information content (AvgIpc) is 2.65. The summed E-state index contributed by atoms with van der Waals surface area (Å²) in [6.07, 6.45) is 1.39. The Balaban J connectivity index is 1.67. The van der Waals surface area contributed by atoms with Crippen LogP contribution in [0.25, 0.3) is 0 Å². The Labute approximate surface area is 148 Å². The molecule has 2 aromatic carbocycles. The predicted octanol–water partition coefficient (Wildman–Crippen LogP) is 4.36. The molecule has 1 heterocycles. The zero-order chi connectivity index (χ0) is 18.5. The molecule has 0 aliphatic carbocycles. The zero-order valence-electron chi connectivity index (χ0n) is 13.8. The van der Waals surface area contributed by atoms with Gasteiger partial charge < -0.3 is 15.4 Å². The van der Waals surface area contributed by atoms with Crippen LogP contribution >= 0.6 is 0 Å². The average molecular weight is 355 g/mol. The van der Waals surface area contributed by atoms with Crippen molar-refractivity contribution in [2.24, 2.45) is 0 Å². The minimum absolute atomic E-state index is 0.114. The van der Waals surface area contributed by atoms with Gasteiger partial charge in [0.2, 0.25) is 0 Å². The Hall–Kier alpha value is -3.48. The zero-order valence-corrected chi connectivity index (χ0v) is 13.8. The summed E-state index contributed by atoms with van der Waals surface area (Å²) < 4.78 is 31.6. The van der Waals surface area contributed by atoms with Crippen molar-refractivity contribution in [3.8, 4) is 5.75 Å². The molecule has 2 N–H and O–H groups in total. The monoisotopic (exact) mass is 355 g/mol. The van der Waals surface area contributed by atoms with E-state index >= 15 is 0 Å². The third kappa shape index (κ3) is 4.13. The van der Waals surface area contributed by atoms with Gasteiger partial charge >= 0.3 is 0 Å². The molecule has 5 nitrogen and oxygen atoms in total. The Morgan fingerprint density at radius 3 is 2.35 bits per heavy atom. The molecule has 0 bridgehead atoms. The molecule has 3 rings (SSSR count). The molecule has 0 saturated heterocycles. The number of hydrogen-bond acceptors (Lipinski definition) is 4. The van der Waals surface area contributed by atoms with E-state index < -0.39 is 11.6 Å². The highest BCUT2D eigenvalue weighted by molar-refractivity contribution is 6.03. The molecule has 0 atom stereocenters. The van der Waals surface area contributed by atoms with Crippen LogP contribution in [0.15, 0.2) is 60.8 Å². The predicted molar refractivity (Wildman–Crippen MR) is 94.8 cm³/mol. The number of carbonyl (C=O) groups excluding carboxylic acids is 1.